The third-order valence-electron chi connectivity index (χ3n) is 5.11. The average molecular weight is 331 g/mol. The van der Waals surface area contributed by atoms with Crippen molar-refractivity contribution < 1.29 is 14.4 Å². The Bertz CT molecular complexity index is 797. The van der Waals surface area contributed by atoms with E-state index in [1.807, 2.05) is 6.92 Å². The van der Waals surface area contributed by atoms with Gasteiger partial charge in [0.15, 0.2) is 5.43 Å². The van der Waals surface area contributed by atoms with E-state index in [1.165, 1.54) is 17.7 Å². The zero-order valence-corrected chi connectivity index (χ0v) is 15.0. The van der Waals surface area contributed by atoms with Gasteiger partial charge in [-0.25, -0.2) is 0 Å². The molecule has 0 aliphatic carbocycles. The van der Waals surface area contributed by atoms with E-state index in [2.05, 4.69) is 11.9 Å². The topological polar surface area (TPSA) is 55.8 Å². The molecule has 0 saturated carbocycles. The van der Waals surface area contributed by atoms with E-state index in [-0.39, 0.29) is 5.43 Å². The molecule has 1 saturated heterocycles. The number of fused-ring (bicyclic) bond motifs is 1. The van der Waals surface area contributed by atoms with Crippen molar-refractivity contribution in [2.24, 2.45) is 5.92 Å². The van der Waals surface area contributed by atoms with Crippen molar-refractivity contribution in [3.8, 4) is 11.5 Å². The van der Waals surface area contributed by atoms with Crippen molar-refractivity contribution in [3.63, 3.8) is 0 Å². The van der Waals surface area contributed by atoms with Crippen molar-refractivity contribution in [2.75, 3.05) is 27.3 Å². The lowest BCUT2D eigenvalue weighted by Crippen LogP contribution is -3.12. The van der Waals surface area contributed by atoms with Gasteiger partial charge in [0.2, 0.25) is 0 Å². The summed E-state index contributed by atoms with van der Waals surface area (Å²) in [6.07, 6.45) is 2.54. The van der Waals surface area contributed by atoms with Crippen molar-refractivity contribution in [3.05, 3.63) is 33.6 Å². The summed E-state index contributed by atoms with van der Waals surface area (Å²) in [5.41, 5.74) is 2.64. The first-order valence-electron chi connectivity index (χ1n) is 8.64. The molecule has 1 aromatic carbocycles. The molecule has 2 N–H and O–H groups in total. The number of pyridine rings is 1. The Balaban J connectivity index is 2.07. The van der Waals surface area contributed by atoms with E-state index in [0.717, 1.165) is 42.3 Å². The lowest BCUT2D eigenvalue weighted by molar-refractivity contribution is -0.922. The largest absolute Gasteiger partial charge is 0.497 e. The molecule has 3 rings (SSSR count). The highest BCUT2D eigenvalue weighted by Gasteiger charge is 2.23. The number of likely N-dealkylation sites (tertiary alicyclic amines) is 1. The minimum absolute atomic E-state index is 0.0872. The lowest BCUT2D eigenvalue weighted by atomic mass is 9.99. The second-order valence-corrected chi connectivity index (χ2v) is 6.94. The highest BCUT2D eigenvalue weighted by atomic mass is 16.5. The number of H-pyrrole nitrogens is 1. The second kappa shape index (κ2) is 6.85. The van der Waals surface area contributed by atoms with Crippen molar-refractivity contribution in [1.29, 1.82) is 0 Å². The number of hydrogen-bond donors (Lipinski definition) is 2. The summed E-state index contributed by atoms with van der Waals surface area (Å²) in [7, 11) is 3.21. The molecule has 1 aliphatic heterocycles. The molecule has 2 heterocycles. The number of nitrogens with one attached hydrogen (secondary N) is 2. The molecule has 5 nitrogen and oxygen atoms in total. The van der Waals surface area contributed by atoms with Crippen LogP contribution in [-0.4, -0.2) is 32.3 Å². The molecule has 0 radical (unpaired) electrons. The Labute approximate surface area is 142 Å². The number of hydrogen-bond acceptors (Lipinski definition) is 3. The van der Waals surface area contributed by atoms with E-state index in [4.69, 9.17) is 9.47 Å². The van der Waals surface area contributed by atoms with Crippen LogP contribution in [0, 0.1) is 12.8 Å². The van der Waals surface area contributed by atoms with Crippen LogP contribution in [0.15, 0.2) is 16.9 Å². The maximum Gasteiger partial charge on any atom is 0.198 e. The van der Waals surface area contributed by atoms with Crippen LogP contribution in [0.1, 0.15) is 31.0 Å². The van der Waals surface area contributed by atoms with Gasteiger partial charge in [-0.05, 0) is 25.8 Å². The Kier molecular flexibility index (Phi) is 4.81. The van der Waals surface area contributed by atoms with Gasteiger partial charge in [-0.15, -0.1) is 0 Å². The van der Waals surface area contributed by atoms with Gasteiger partial charge >= 0.3 is 0 Å². The molecule has 24 heavy (non-hydrogen) atoms. The van der Waals surface area contributed by atoms with Crippen LogP contribution >= 0.6 is 0 Å². The molecule has 2 aromatic rings. The van der Waals surface area contributed by atoms with Gasteiger partial charge < -0.3 is 19.4 Å². The van der Waals surface area contributed by atoms with Crippen LogP contribution in [0.4, 0.5) is 0 Å². The second-order valence-electron chi connectivity index (χ2n) is 6.94. The van der Waals surface area contributed by atoms with Crippen LogP contribution in [0.2, 0.25) is 0 Å². The molecule has 1 fully saturated rings. The maximum atomic E-state index is 13.1. The highest BCUT2D eigenvalue weighted by molar-refractivity contribution is 5.86. The SMILES string of the molecule is COc1cc(OC)c2[nH]c(C)c(C[NH+]3CCC[C@H](C)C3)c(=O)c2c1. The van der Waals surface area contributed by atoms with Gasteiger partial charge in [0.25, 0.3) is 0 Å². The quantitative estimate of drug-likeness (QED) is 0.896. The average Bonchev–Trinajstić information content (AvgIpc) is 2.58. The zero-order valence-electron chi connectivity index (χ0n) is 15.0. The predicted octanol–water partition coefficient (Wildman–Crippen LogP) is 1.67. The molecule has 0 spiro atoms. The summed E-state index contributed by atoms with van der Waals surface area (Å²) in [5.74, 6) is 2.00. The minimum atomic E-state index is 0.0872. The minimum Gasteiger partial charge on any atom is -0.497 e. The van der Waals surface area contributed by atoms with Crippen LogP contribution in [0.3, 0.4) is 0 Å². The van der Waals surface area contributed by atoms with Gasteiger partial charge in [-0.2, -0.15) is 0 Å². The molecule has 1 unspecified atom stereocenters. The Morgan fingerprint density at radius 3 is 2.75 bits per heavy atom. The number of piperidine rings is 1. The number of ether oxygens (including phenoxy) is 2. The van der Waals surface area contributed by atoms with Gasteiger partial charge in [0.1, 0.15) is 18.0 Å². The summed E-state index contributed by atoms with van der Waals surface area (Å²) < 4.78 is 10.7. The number of rotatable bonds is 4. The fraction of sp³-hybridized carbons (Fsp3) is 0.526. The number of aromatic nitrogens is 1. The maximum absolute atomic E-state index is 13.1. The summed E-state index contributed by atoms with van der Waals surface area (Å²) in [5, 5.41) is 0.635. The van der Waals surface area contributed by atoms with E-state index in [1.54, 1.807) is 26.4 Å². The summed E-state index contributed by atoms with van der Waals surface area (Å²) in [6, 6.07) is 3.60. The summed E-state index contributed by atoms with van der Waals surface area (Å²) >= 11 is 0. The van der Waals surface area contributed by atoms with Crippen LogP contribution in [0.25, 0.3) is 10.9 Å². The predicted molar refractivity (Wildman–Crippen MR) is 95.2 cm³/mol. The molecular formula is C19H27N2O3+. The lowest BCUT2D eigenvalue weighted by Gasteiger charge is -2.28. The smallest absolute Gasteiger partial charge is 0.198 e. The fourth-order valence-corrected chi connectivity index (χ4v) is 3.79. The monoisotopic (exact) mass is 331 g/mol. The van der Waals surface area contributed by atoms with Crippen LogP contribution in [-0.2, 0) is 6.54 Å². The standard InChI is InChI=1S/C19H26N2O3/c1-12-6-5-7-21(10-12)11-16-13(2)20-18-15(19(16)22)8-14(23-3)9-17(18)24-4/h8-9,12H,5-7,10-11H2,1-4H3,(H,20,22)/p+1/t12-/m0/s1. The van der Waals surface area contributed by atoms with Crippen molar-refractivity contribution in [2.45, 2.75) is 33.2 Å². The fourth-order valence-electron chi connectivity index (χ4n) is 3.79. The normalized spacial score (nSPS) is 21.0. The molecule has 2 atom stereocenters. The number of benzene rings is 1. The van der Waals surface area contributed by atoms with E-state index in [0.29, 0.717) is 16.9 Å². The van der Waals surface area contributed by atoms with E-state index >= 15 is 0 Å². The first kappa shape index (κ1) is 16.8. The third-order valence-corrected chi connectivity index (χ3v) is 5.11. The number of quaternary nitrogens is 1. The summed E-state index contributed by atoms with van der Waals surface area (Å²) in [4.78, 5) is 18.0. The number of aryl methyl sites for hydroxylation is 1. The van der Waals surface area contributed by atoms with E-state index in [9.17, 15) is 4.79 Å². The van der Waals surface area contributed by atoms with Crippen molar-refractivity contribution >= 4 is 10.9 Å². The first-order chi connectivity index (χ1) is 11.5. The van der Waals surface area contributed by atoms with Crippen LogP contribution < -0.4 is 19.8 Å². The van der Waals surface area contributed by atoms with Gasteiger partial charge in [-0.1, -0.05) is 6.92 Å². The molecule has 1 aromatic heterocycles. The first-order valence-corrected chi connectivity index (χ1v) is 8.64. The molecule has 1 aliphatic rings. The highest BCUT2D eigenvalue weighted by Crippen LogP contribution is 2.28. The van der Waals surface area contributed by atoms with Crippen molar-refractivity contribution in [1.82, 2.24) is 4.98 Å². The third kappa shape index (κ3) is 3.13. The Hall–Kier alpha value is -2.01. The molecule has 5 heteroatoms. The van der Waals surface area contributed by atoms with Gasteiger partial charge in [0.05, 0.1) is 43.8 Å². The zero-order chi connectivity index (χ0) is 17.3. The molecule has 0 bridgehead atoms. The summed E-state index contributed by atoms with van der Waals surface area (Å²) in [6.45, 7) is 7.33. The van der Waals surface area contributed by atoms with Crippen LogP contribution in [0.5, 0.6) is 11.5 Å². The van der Waals surface area contributed by atoms with Gasteiger partial charge in [0, 0.05) is 17.7 Å². The number of aromatic amines is 1. The molecule has 130 valence electrons. The Morgan fingerprint density at radius 1 is 1.29 bits per heavy atom. The van der Waals surface area contributed by atoms with Gasteiger partial charge in [-0.3, -0.25) is 4.79 Å². The molecular weight excluding hydrogens is 304 g/mol. The van der Waals surface area contributed by atoms with E-state index < -0.39 is 0 Å². The molecule has 0 amide bonds. The Morgan fingerprint density at radius 2 is 2.08 bits per heavy atom. The number of methoxy groups -OCH3 is 2.